The summed E-state index contributed by atoms with van der Waals surface area (Å²) in [6.07, 6.45) is 8.55. The van der Waals surface area contributed by atoms with Crippen molar-refractivity contribution in [1.82, 2.24) is 15.3 Å². The van der Waals surface area contributed by atoms with Gasteiger partial charge in [0.25, 0.3) is 0 Å². The van der Waals surface area contributed by atoms with E-state index in [1.165, 1.54) is 25.7 Å². The van der Waals surface area contributed by atoms with Gasteiger partial charge in [-0.05, 0) is 54.1 Å². The lowest BCUT2D eigenvalue weighted by Crippen LogP contribution is -2.31. The van der Waals surface area contributed by atoms with Crippen LogP contribution in [0.5, 0.6) is 0 Å². The van der Waals surface area contributed by atoms with E-state index in [0.29, 0.717) is 10.8 Å². The van der Waals surface area contributed by atoms with Gasteiger partial charge >= 0.3 is 0 Å². The Morgan fingerprint density at radius 3 is 2.53 bits per heavy atom. The van der Waals surface area contributed by atoms with E-state index in [0.717, 1.165) is 24.6 Å². The molecule has 17 heavy (non-hydrogen) atoms. The van der Waals surface area contributed by atoms with Crippen LogP contribution >= 0.6 is 15.9 Å². The van der Waals surface area contributed by atoms with Crippen molar-refractivity contribution < 1.29 is 0 Å². The molecule has 1 aliphatic rings. The molecule has 0 saturated heterocycles. The predicted octanol–water partition coefficient (Wildman–Crippen LogP) is 1.85. The Morgan fingerprint density at radius 1 is 1.24 bits per heavy atom. The maximum absolute atomic E-state index is 5.89. The van der Waals surface area contributed by atoms with Gasteiger partial charge in [-0.2, -0.15) is 0 Å². The van der Waals surface area contributed by atoms with E-state index in [2.05, 4.69) is 31.2 Å². The zero-order valence-corrected chi connectivity index (χ0v) is 11.5. The van der Waals surface area contributed by atoms with E-state index in [1.807, 2.05) is 12.4 Å². The van der Waals surface area contributed by atoms with Crippen molar-refractivity contribution in [1.29, 1.82) is 0 Å². The second kappa shape index (κ2) is 6.42. The van der Waals surface area contributed by atoms with Crippen LogP contribution in [-0.4, -0.2) is 22.6 Å². The number of hydrogen-bond acceptors (Lipinski definition) is 4. The third-order valence-electron chi connectivity index (χ3n) is 3.33. The lowest BCUT2D eigenvalue weighted by atomic mass is 9.86. The van der Waals surface area contributed by atoms with Crippen LogP contribution in [0.15, 0.2) is 17.1 Å². The first kappa shape index (κ1) is 12.9. The third kappa shape index (κ3) is 4.33. The second-order valence-corrected chi connectivity index (χ2v) is 5.48. The molecule has 94 valence electrons. The monoisotopic (exact) mass is 298 g/mol. The molecule has 0 amide bonds. The number of nitrogens with zero attached hydrogens (tertiary/aromatic N) is 2. The molecular weight excluding hydrogens is 280 g/mol. The van der Waals surface area contributed by atoms with Crippen LogP contribution in [0.25, 0.3) is 0 Å². The topological polar surface area (TPSA) is 63.8 Å². The van der Waals surface area contributed by atoms with Crippen molar-refractivity contribution in [2.45, 2.75) is 38.3 Å². The largest absolute Gasteiger partial charge is 0.328 e. The summed E-state index contributed by atoms with van der Waals surface area (Å²) < 4.78 is 0.641. The van der Waals surface area contributed by atoms with Gasteiger partial charge in [0.2, 0.25) is 0 Å². The third-order valence-corrected chi connectivity index (χ3v) is 3.74. The molecule has 0 atom stereocenters. The first-order valence-corrected chi connectivity index (χ1v) is 6.96. The van der Waals surface area contributed by atoms with Crippen LogP contribution in [0, 0.1) is 5.92 Å². The van der Waals surface area contributed by atoms with Crippen LogP contribution in [-0.2, 0) is 6.54 Å². The summed E-state index contributed by atoms with van der Waals surface area (Å²) in [4.78, 5) is 8.21. The van der Waals surface area contributed by atoms with E-state index < -0.39 is 0 Å². The van der Waals surface area contributed by atoms with E-state index in [4.69, 9.17) is 5.73 Å². The Hall–Kier alpha value is -0.520. The molecule has 0 aromatic carbocycles. The highest BCUT2D eigenvalue weighted by Gasteiger charge is 2.17. The molecule has 0 spiro atoms. The average molecular weight is 299 g/mol. The summed E-state index contributed by atoms with van der Waals surface area (Å²) in [5.74, 6) is 0.783. The van der Waals surface area contributed by atoms with Crippen molar-refractivity contribution >= 4 is 15.9 Å². The quantitative estimate of drug-likeness (QED) is 0.833. The van der Waals surface area contributed by atoms with Crippen molar-refractivity contribution in [3.05, 3.63) is 22.7 Å². The lowest BCUT2D eigenvalue weighted by Gasteiger charge is -2.26. The molecule has 4 nitrogen and oxygen atoms in total. The molecule has 1 saturated carbocycles. The highest BCUT2D eigenvalue weighted by molar-refractivity contribution is 9.10. The number of hydrogen-bond donors (Lipinski definition) is 2. The number of aromatic nitrogens is 2. The highest BCUT2D eigenvalue weighted by Crippen LogP contribution is 2.22. The molecule has 3 N–H and O–H groups in total. The van der Waals surface area contributed by atoms with E-state index in [-0.39, 0.29) is 0 Å². The first-order chi connectivity index (χ1) is 8.24. The summed E-state index contributed by atoms with van der Waals surface area (Å²) >= 11 is 3.23. The molecule has 2 rings (SSSR count). The Kier molecular flexibility index (Phi) is 4.88. The minimum Gasteiger partial charge on any atom is -0.328 e. The van der Waals surface area contributed by atoms with Crippen LogP contribution in [0.3, 0.4) is 0 Å². The molecular formula is C12H19BrN4. The standard InChI is InChI=1S/C12H19BrN4/c13-12-16-7-10(8-17-12)6-15-5-9-1-3-11(14)4-2-9/h7-9,11,15H,1-6,14H2. The molecule has 0 aliphatic heterocycles. The smallest absolute Gasteiger partial charge is 0.196 e. The van der Waals surface area contributed by atoms with Gasteiger partial charge in [-0.1, -0.05) is 0 Å². The Morgan fingerprint density at radius 2 is 1.88 bits per heavy atom. The van der Waals surface area contributed by atoms with Gasteiger partial charge < -0.3 is 11.1 Å². The Balaban J connectivity index is 1.67. The van der Waals surface area contributed by atoms with Gasteiger partial charge in [0.15, 0.2) is 4.73 Å². The number of halogens is 1. The summed E-state index contributed by atoms with van der Waals surface area (Å²) in [5, 5.41) is 3.47. The molecule has 1 fully saturated rings. The van der Waals surface area contributed by atoms with Crippen molar-refractivity contribution in [3.63, 3.8) is 0 Å². The van der Waals surface area contributed by atoms with E-state index in [1.54, 1.807) is 0 Å². The van der Waals surface area contributed by atoms with Gasteiger partial charge in [-0.15, -0.1) is 0 Å². The fraction of sp³-hybridized carbons (Fsp3) is 0.667. The van der Waals surface area contributed by atoms with Crippen molar-refractivity contribution in [3.8, 4) is 0 Å². The molecule has 1 aliphatic carbocycles. The van der Waals surface area contributed by atoms with Gasteiger partial charge in [-0.25, -0.2) is 9.97 Å². The minimum atomic E-state index is 0.436. The SMILES string of the molecule is NC1CCC(CNCc2cnc(Br)nc2)CC1. The maximum Gasteiger partial charge on any atom is 0.196 e. The van der Waals surface area contributed by atoms with Crippen molar-refractivity contribution in [2.24, 2.45) is 11.7 Å². The normalized spacial score (nSPS) is 24.8. The Labute approximate surface area is 111 Å². The van der Waals surface area contributed by atoms with E-state index in [9.17, 15) is 0 Å². The highest BCUT2D eigenvalue weighted by atomic mass is 79.9. The predicted molar refractivity (Wildman–Crippen MR) is 71.4 cm³/mol. The molecule has 0 bridgehead atoms. The molecule has 1 aromatic heterocycles. The van der Waals surface area contributed by atoms with Crippen LogP contribution in [0.2, 0.25) is 0 Å². The second-order valence-electron chi connectivity index (χ2n) is 4.77. The summed E-state index contributed by atoms with van der Waals surface area (Å²) in [7, 11) is 0. The summed E-state index contributed by atoms with van der Waals surface area (Å²) in [6, 6.07) is 0.436. The van der Waals surface area contributed by atoms with E-state index >= 15 is 0 Å². The zero-order chi connectivity index (χ0) is 12.1. The number of nitrogens with two attached hydrogens (primary N) is 1. The van der Waals surface area contributed by atoms with Crippen molar-refractivity contribution in [2.75, 3.05) is 6.54 Å². The van der Waals surface area contributed by atoms with Gasteiger partial charge in [0.05, 0.1) is 0 Å². The van der Waals surface area contributed by atoms with Crippen LogP contribution in [0.1, 0.15) is 31.2 Å². The first-order valence-electron chi connectivity index (χ1n) is 6.17. The zero-order valence-electron chi connectivity index (χ0n) is 9.90. The number of rotatable bonds is 4. The van der Waals surface area contributed by atoms with Crippen LogP contribution in [0.4, 0.5) is 0 Å². The summed E-state index contributed by atoms with van der Waals surface area (Å²) in [6.45, 7) is 1.92. The van der Waals surface area contributed by atoms with Gasteiger partial charge in [0, 0.05) is 30.5 Å². The molecule has 0 unspecified atom stereocenters. The molecule has 1 heterocycles. The van der Waals surface area contributed by atoms with Gasteiger partial charge in [0.1, 0.15) is 0 Å². The molecule has 0 radical (unpaired) electrons. The minimum absolute atomic E-state index is 0.436. The fourth-order valence-corrected chi connectivity index (χ4v) is 2.45. The van der Waals surface area contributed by atoms with Crippen LogP contribution < -0.4 is 11.1 Å². The maximum atomic E-state index is 5.89. The summed E-state index contributed by atoms with van der Waals surface area (Å²) in [5.41, 5.74) is 7.02. The molecule has 1 aromatic rings. The van der Waals surface area contributed by atoms with Gasteiger partial charge in [-0.3, -0.25) is 0 Å². The Bertz CT molecular complexity index is 333. The average Bonchev–Trinajstić information content (AvgIpc) is 2.34. The lowest BCUT2D eigenvalue weighted by molar-refractivity contribution is 0.314. The molecule has 5 heteroatoms. The number of nitrogens with one attached hydrogen (secondary N) is 1. The fourth-order valence-electron chi connectivity index (χ4n) is 2.24.